The van der Waals surface area contributed by atoms with Crippen molar-refractivity contribution >= 4 is 29.0 Å². The number of aromatic nitrogens is 1. The molecule has 0 saturated carbocycles. The maximum atomic E-state index is 14.6. The Morgan fingerprint density at radius 2 is 1.81 bits per heavy atom. The number of anilines is 1. The van der Waals surface area contributed by atoms with E-state index in [1.165, 1.54) is 11.0 Å². The van der Waals surface area contributed by atoms with Crippen molar-refractivity contribution in [3.63, 3.8) is 0 Å². The summed E-state index contributed by atoms with van der Waals surface area (Å²) in [5.74, 6) is -0.718. The molecule has 2 aromatic carbocycles. The molecule has 4 nitrogen and oxygen atoms in total. The molecule has 0 saturated heterocycles. The molecule has 0 bridgehead atoms. The molecule has 6 heteroatoms. The number of carbonyl (C=O) groups is 2. The van der Waals surface area contributed by atoms with Crippen molar-refractivity contribution in [3.8, 4) is 11.1 Å². The van der Waals surface area contributed by atoms with Crippen molar-refractivity contribution in [2.24, 2.45) is 0 Å². The van der Waals surface area contributed by atoms with E-state index in [4.69, 9.17) is 11.6 Å². The third-order valence-corrected chi connectivity index (χ3v) is 5.64. The summed E-state index contributed by atoms with van der Waals surface area (Å²) in [7, 11) is 1.55. The molecule has 31 heavy (non-hydrogen) atoms. The highest BCUT2D eigenvalue weighted by Gasteiger charge is 2.16. The second kappa shape index (κ2) is 9.84. The average molecular weight is 439 g/mol. The first-order valence-electron chi connectivity index (χ1n) is 10.1. The third-order valence-electron chi connectivity index (χ3n) is 5.33. The highest BCUT2D eigenvalue weighted by atomic mass is 35.5. The van der Waals surface area contributed by atoms with Gasteiger partial charge >= 0.3 is 0 Å². The lowest BCUT2D eigenvalue weighted by Crippen LogP contribution is -2.25. The second-order valence-corrected chi connectivity index (χ2v) is 7.75. The molecular weight excluding hydrogens is 415 g/mol. The van der Waals surface area contributed by atoms with Crippen LogP contribution in [0.1, 0.15) is 41.4 Å². The number of hydrogen-bond acceptors (Lipinski definition) is 3. The molecule has 1 heterocycles. The Hall–Kier alpha value is -3.05. The zero-order valence-corrected chi connectivity index (χ0v) is 18.5. The van der Waals surface area contributed by atoms with E-state index in [1.54, 1.807) is 50.5 Å². The van der Waals surface area contributed by atoms with Gasteiger partial charge in [0.2, 0.25) is 5.91 Å². The van der Waals surface area contributed by atoms with Crippen LogP contribution in [0, 0.1) is 12.7 Å². The van der Waals surface area contributed by atoms with Crippen LogP contribution in [-0.4, -0.2) is 23.7 Å². The molecule has 3 rings (SSSR count). The Morgan fingerprint density at radius 1 is 1.10 bits per heavy atom. The number of ketones is 1. The van der Waals surface area contributed by atoms with Crippen LogP contribution in [0.3, 0.4) is 0 Å². The van der Waals surface area contributed by atoms with Crippen molar-refractivity contribution in [2.75, 3.05) is 11.9 Å². The van der Waals surface area contributed by atoms with Gasteiger partial charge in [0.05, 0.1) is 10.7 Å². The molecule has 0 aliphatic heterocycles. The number of benzene rings is 2. The lowest BCUT2D eigenvalue weighted by molar-refractivity contribution is -0.118. The molecule has 0 atom stereocenters. The summed E-state index contributed by atoms with van der Waals surface area (Å²) in [6, 6.07) is 13.6. The van der Waals surface area contributed by atoms with Gasteiger partial charge in [-0.15, -0.1) is 0 Å². The lowest BCUT2D eigenvalue weighted by Gasteiger charge is -2.18. The van der Waals surface area contributed by atoms with Gasteiger partial charge in [0.1, 0.15) is 5.82 Å². The minimum atomic E-state index is -0.495. The number of halogens is 2. The average Bonchev–Trinajstić information content (AvgIpc) is 2.77. The Kier molecular flexibility index (Phi) is 7.18. The Morgan fingerprint density at radius 3 is 2.45 bits per heavy atom. The van der Waals surface area contributed by atoms with Gasteiger partial charge < -0.3 is 4.90 Å². The molecule has 0 aliphatic carbocycles. The van der Waals surface area contributed by atoms with Gasteiger partial charge in [-0.05, 0) is 60.4 Å². The monoisotopic (exact) mass is 438 g/mol. The van der Waals surface area contributed by atoms with Crippen LogP contribution in [0.5, 0.6) is 0 Å². The van der Waals surface area contributed by atoms with E-state index < -0.39 is 5.82 Å². The second-order valence-electron chi connectivity index (χ2n) is 7.34. The van der Waals surface area contributed by atoms with Crippen LogP contribution >= 0.6 is 11.6 Å². The topological polar surface area (TPSA) is 50.3 Å². The van der Waals surface area contributed by atoms with Gasteiger partial charge in [0.15, 0.2) is 5.78 Å². The molecule has 0 aliphatic rings. The van der Waals surface area contributed by atoms with Gasteiger partial charge in [-0.2, -0.15) is 0 Å². The number of Topliss-reactive ketones (excluding diaryl/α,β-unsaturated/α-hetero) is 1. The number of nitrogens with zero attached hydrogens (tertiary/aromatic N) is 2. The summed E-state index contributed by atoms with van der Waals surface area (Å²) in [6.07, 6.45) is 2.94. The van der Waals surface area contributed by atoms with Crippen LogP contribution in [0.25, 0.3) is 11.1 Å². The molecule has 0 N–H and O–H groups in total. The molecule has 160 valence electrons. The molecule has 0 fully saturated rings. The van der Waals surface area contributed by atoms with E-state index in [0.29, 0.717) is 41.0 Å². The predicted molar refractivity (Wildman–Crippen MR) is 122 cm³/mol. The SMILES string of the molecule is CCC(=O)N(C)c1ccc(-c2ccc(C(=O)CCc3cccnc3C)c(Cl)c2)cc1F. The van der Waals surface area contributed by atoms with Crippen molar-refractivity contribution < 1.29 is 14.0 Å². The zero-order valence-electron chi connectivity index (χ0n) is 17.8. The minimum absolute atomic E-state index is 0.0546. The fourth-order valence-electron chi connectivity index (χ4n) is 3.42. The number of aryl methyl sites for hydroxylation is 2. The predicted octanol–water partition coefficient (Wildman–Crippen LogP) is 6.04. The van der Waals surface area contributed by atoms with E-state index in [2.05, 4.69) is 4.98 Å². The zero-order chi connectivity index (χ0) is 22.5. The first-order valence-corrected chi connectivity index (χ1v) is 10.5. The molecule has 3 aromatic rings. The summed E-state index contributed by atoms with van der Waals surface area (Å²) < 4.78 is 14.6. The van der Waals surface area contributed by atoms with E-state index in [1.807, 2.05) is 19.1 Å². The Labute approximate surface area is 186 Å². The van der Waals surface area contributed by atoms with Gasteiger partial charge in [-0.3, -0.25) is 14.6 Å². The highest BCUT2D eigenvalue weighted by Crippen LogP contribution is 2.30. The molecule has 1 aromatic heterocycles. The number of pyridine rings is 1. The largest absolute Gasteiger partial charge is 0.313 e. The maximum absolute atomic E-state index is 14.6. The van der Waals surface area contributed by atoms with Gasteiger partial charge in [0, 0.05) is 37.3 Å². The van der Waals surface area contributed by atoms with E-state index in [-0.39, 0.29) is 17.4 Å². The smallest absolute Gasteiger partial charge is 0.226 e. The number of carbonyl (C=O) groups excluding carboxylic acids is 2. The Balaban J connectivity index is 1.77. The summed E-state index contributed by atoms with van der Waals surface area (Å²) >= 11 is 6.39. The molecule has 0 unspecified atom stereocenters. The van der Waals surface area contributed by atoms with Crippen molar-refractivity contribution in [3.05, 3.63) is 82.4 Å². The lowest BCUT2D eigenvalue weighted by atomic mass is 9.98. The number of rotatable bonds is 7. The first kappa shape index (κ1) is 22.6. The van der Waals surface area contributed by atoms with E-state index in [9.17, 15) is 14.0 Å². The summed E-state index contributed by atoms with van der Waals surface area (Å²) in [6.45, 7) is 3.65. The summed E-state index contributed by atoms with van der Waals surface area (Å²) in [4.78, 5) is 30.0. The van der Waals surface area contributed by atoms with E-state index in [0.717, 1.165) is 11.3 Å². The van der Waals surface area contributed by atoms with Crippen molar-refractivity contribution in [1.29, 1.82) is 0 Å². The van der Waals surface area contributed by atoms with Crippen LogP contribution in [0.4, 0.5) is 10.1 Å². The maximum Gasteiger partial charge on any atom is 0.226 e. The van der Waals surface area contributed by atoms with Gasteiger partial charge in [-0.25, -0.2) is 4.39 Å². The normalized spacial score (nSPS) is 10.7. The fourth-order valence-corrected chi connectivity index (χ4v) is 3.70. The summed E-state index contributed by atoms with van der Waals surface area (Å²) in [5.41, 5.74) is 3.92. The minimum Gasteiger partial charge on any atom is -0.313 e. The van der Waals surface area contributed by atoms with Crippen LogP contribution in [0.2, 0.25) is 5.02 Å². The van der Waals surface area contributed by atoms with Crippen LogP contribution < -0.4 is 4.90 Å². The highest BCUT2D eigenvalue weighted by molar-refractivity contribution is 6.34. The Bertz CT molecular complexity index is 1130. The van der Waals surface area contributed by atoms with Crippen molar-refractivity contribution in [1.82, 2.24) is 4.98 Å². The number of amides is 1. The van der Waals surface area contributed by atoms with Crippen LogP contribution in [-0.2, 0) is 11.2 Å². The molecular formula is C25H24ClFN2O2. The number of hydrogen-bond donors (Lipinski definition) is 0. The standard InChI is InChI=1S/C25H24ClFN2O2/c1-4-25(31)29(3)23-11-8-19(15-22(23)27)18-7-10-20(21(26)14-18)24(30)12-9-17-6-5-13-28-16(17)2/h5-8,10-11,13-15H,4,9,12H2,1-3H3. The molecule has 0 spiro atoms. The fraction of sp³-hybridized carbons (Fsp3) is 0.240. The first-order chi connectivity index (χ1) is 14.8. The van der Waals surface area contributed by atoms with Gasteiger partial charge in [0.25, 0.3) is 0 Å². The van der Waals surface area contributed by atoms with E-state index >= 15 is 0 Å². The molecule has 0 radical (unpaired) electrons. The van der Waals surface area contributed by atoms with Crippen LogP contribution in [0.15, 0.2) is 54.7 Å². The quantitative estimate of drug-likeness (QED) is 0.422. The van der Waals surface area contributed by atoms with Crippen molar-refractivity contribution in [2.45, 2.75) is 33.1 Å². The third kappa shape index (κ3) is 5.17. The summed E-state index contributed by atoms with van der Waals surface area (Å²) in [5, 5.41) is 0.327. The molecule has 1 amide bonds. The van der Waals surface area contributed by atoms with Gasteiger partial charge in [-0.1, -0.05) is 36.7 Å².